The Morgan fingerprint density at radius 3 is 3.10 bits per heavy atom. The van der Waals surface area contributed by atoms with Crippen LogP contribution >= 0.6 is 0 Å². The van der Waals surface area contributed by atoms with E-state index in [1.54, 1.807) is 17.2 Å². The lowest BCUT2D eigenvalue weighted by atomic mass is 10.3. The molecule has 2 aromatic heterocycles. The van der Waals surface area contributed by atoms with Gasteiger partial charge in [-0.05, 0) is 12.5 Å². The Labute approximate surface area is 120 Å². The standard InChI is InChI=1S/C13H16N6O2/c1-8(20)19-5-3-9(7-19)16-13(21)18-11-6-15-12-10(17-11)2-4-14-12/h2,4,6,9H,3,5,7H2,1H3,(H,14,15)(H2,16,17,18,21). The van der Waals surface area contributed by atoms with Gasteiger partial charge in [0.25, 0.3) is 0 Å². The second kappa shape index (κ2) is 5.39. The zero-order valence-corrected chi connectivity index (χ0v) is 11.6. The highest BCUT2D eigenvalue weighted by molar-refractivity contribution is 5.89. The normalized spacial score (nSPS) is 18.0. The van der Waals surface area contributed by atoms with Gasteiger partial charge in [0.1, 0.15) is 5.52 Å². The number of anilines is 1. The van der Waals surface area contributed by atoms with Gasteiger partial charge in [-0.2, -0.15) is 0 Å². The van der Waals surface area contributed by atoms with Crippen molar-refractivity contribution in [2.45, 2.75) is 19.4 Å². The van der Waals surface area contributed by atoms with Crippen molar-refractivity contribution in [3.05, 3.63) is 18.5 Å². The van der Waals surface area contributed by atoms with Gasteiger partial charge >= 0.3 is 6.03 Å². The number of H-pyrrole nitrogens is 1. The maximum absolute atomic E-state index is 11.9. The predicted octanol–water partition coefficient (Wildman–Crippen LogP) is 0.700. The van der Waals surface area contributed by atoms with Crippen LogP contribution in [0.3, 0.4) is 0 Å². The van der Waals surface area contributed by atoms with E-state index >= 15 is 0 Å². The zero-order chi connectivity index (χ0) is 14.8. The zero-order valence-electron chi connectivity index (χ0n) is 11.6. The van der Waals surface area contributed by atoms with Crippen LogP contribution in [-0.4, -0.2) is 50.9 Å². The molecule has 1 aliphatic rings. The summed E-state index contributed by atoms with van der Waals surface area (Å²) in [5, 5.41) is 5.49. The summed E-state index contributed by atoms with van der Waals surface area (Å²) >= 11 is 0. The molecular formula is C13H16N6O2. The fourth-order valence-corrected chi connectivity index (χ4v) is 2.39. The van der Waals surface area contributed by atoms with Crippen molar-refractivity contribution >= 4 is 28.9 Å². The molecule has 0 radical (unpaired) electrons. The monoisotopic (exact) mass is 288 g/mol. The third-order valence-corrected chi connectivity index (χ3v) is 3.47. The van der Waals surface area contributed by atoms with Crippen LogP contribution in [0, 0.1) is 0 Å². The number of likely N-dealkylation sites (tertiary alicyclic amines) is 1. The largest absolute Gasteiger partial charge is 0.345 e. The molecule has 110 valence electrons. The fraction of sp³-hybridized carbons (Fsp3) is 0.385. The highest BCUT2D eigenvalue weighted by atomic mass is 16.2. The second-order valence-electron chi connectivity index (χ2n) is 5.02. The first kappa shape index (κ1) is 13.3. The number of carbonyl (C=O) groups is 2. The molecule has 0 aliphatic carbocycles. The van der Waals surface area contributed by atoms with Gasteiger partial charge in [-0.1, -0.05) is 0 Å². The van der Waals surface area contributed by atoms with Gasteiger partial charge < -0.3 is 15.2 Å². The number of hydrogen-bond donors (Lipinski definition) is 3. The molecule has 3 heterocycles. The van der Waals surface area contributed by atoms with Crippen molar-refractivity contribution in [2.75, 3.05) is 18.4 Å². The summed E-state index contributed by atoms with van der Waals surface area (Å²) in [6.07, 6.45) is 3.99. The molecule has 1 fully saturated rings. The molecule has 0 aromatic carbocycles. The number of urea groups is 1. The van der Waals surface area contributed by atoms with Gasteiger partial charge in [-0.25, -0.2) is 14.8 Å². The number of amides is 3. The molecule has 0 saturated carbocycles. The highest BCUT2D eigenvalue weighted by Gasteiger charge is 2.25. The number of nitrogens with one attached hydrogen (secondary N) is 3. The summed E-state index contributed by atoms with van der Waals surface area (Å²) < 4.78 is 0. The Morgan fingerprint density at radius 1 is 1.48 bits per heavy atom. The Bertz CT molecular complexity index is 682. The minimum absolute atomic E-state index is 0.0298. The molecule has 1 unspecified atom stereocenters. The Hall–Kier alpha value is -2.64. The minimum atomic E-state index is -0.338. The van der Waals surface area contributed by atoms with Crippen LogP contribution in [0.5, 0.6) is 0 Å². The molecule has 1 aliphatic heterocycles. The molecule has 8 nitrogen and oxygen atoms in total. The van der Waals surface area contributed by atoms with E-state index in [0.717, 1.165) is 6.42 Å². The van der Waals surface area contributed by atoms with E-state index in [0.29, 0.717) is 30.1 Å². The van der Waals surface area contributed by atoms with Gasteiger partial charge in [0.2, 0.25) is 5.91 Å². The van der Waals surface area contributed by atoms with Gasteiger partial charge in [0.15, 0.2) is 11.5 Å². The molecule has 0 bridgehead atoms. The third kappa shape index (κ3) is 2.93. The fourth-order valence-electron chi connectivity index (χ4n) is 2.39. The first-order valence-electron chi connectivity index (χ1n) is 6.75. The van der Waals surface area contributed by atoms with E-state index in [1.807, 2.05) is 0 Å². The van der Waals surface area contributed by atoms with Gasteiger partial charge in [-0.15, -0.1) is 0 Å². The van der Waals surface area contributed by atoms with E-state index in [-0.39, 0.29) is 18.0 Å². The van der Waals surface area contributed by atoms with Crippen LogP contribution in [-0.2, 0) is 4.79 Å². The van der Waals surface area contributed by atoms with Crippen molar-refractivity contribution in [1.29, 1.82) is 0 Å². The lowest BCUT2D eigenvalue weighted by molar-refractivity contribution is -0.127. The molecule has 2 aromatic rings. The summed E-state index contributed by atoms with van der Waals surface area (Å²) in [5.41, 5.74) is 1.37. The van der Waals surface area contributed by atoms with Crippen LogP contribution in [0.4, 0.5) is 10.6 Å². The lowest BCUT2D eigenvalue weighted by Gasteiger charge is -2.15. The topological polar surface area (TPSA) is 103 Å². The van der Waals surface area contributed by atoms with Crippen molar-refractivity contribution in [3.8, 4) is 0 Å². The SMILES string of the molecule is CC(=O)N1CCC(NC(=O)Nc2cnc3[nH]ccc3n2)C1. The Morgan fingerprint density at radius 2 is 2.33 bits per heavy atom. The Balaban J connectivity index is 1.58. The summed E-state index contributed by atoms with van der Waals surface area (Å²) in [5.74, 6) is 0.421. The van der Waals surface area contributed by atoms with Gasteiger partial charge in [-0.3, -0.25) is 10.1 Å². The molecule has 1 atom stereocenters. The van der Waals surface area contributed by atoms with E-state index in [2.05, 4.69) is 25.6 Å². The molecule has 3 N–H and O–H groups in total. The quantitative estimate of drug-likeness (QED) is 0.756. The number of aromatic nitrogens is 3. The first-order valence-corrected chi connectivity index (χ1v) is 6.75. The smallest absolute Gasteiger partial charge is 0.320 e. The molecular weight excluding hydrogens is 272 g/mol. The summed E-state index contributed by atoms with van der Waals surface area (Å²) in [6.45, 7) is 2.75. The van der Waals surface area contributed by atoms with Gasteiger partial charge in [0, 0.05) is 32.3 Å². The average molecular weight is 288 g/mol. The molecule has 1 saturated heterocycles. The van der Waals surface area contributed by atoms with E-state index in [1.165, 1.54) is 13.1 Å². The number of carbonyl (C=O) groups excluding carboxylic acids is 2. The number of nitrogens with zero attached hydrogens (tertiary/aromatic N) is 3. The molecule has 8 heteroatoms. The van der Waals surface area contributed by atoms with E-state index < -0.39 is 0 Å². The van der Waals surface area contributed by atoms with Crippen LogP contribution < -0.4 is 10.6 Å². The van der Waals surface area contributed by atoms with Crippen molar-refractivity contribution < 1.29 is 9.59 Å². The molecule has 0 spiro atoms. The van der Waals surface area contributed by atoms with Crippen molar-refractivity contribution in [1.82, 2.24) is 25.2 Å². The Kier molecular flexibility index (Phi) is 3.43. The highest BCUT2D eigenvalue weighted by Crippen LogP contribution is 2.11. The minimum Gasteiger partial charge on any atom is -0.345 e. The lowest BCUT2D eigenvalue weighted by Crippen LogP contribution is -2.40. The summed E-state index contributed by atoms with van der Waals surface area (Å²) in [7, 11) is 0. The number of hydrogen-bond acceptors (Lipinski definition) is 4. The van der Waals surface area contributed by atoms with Crippen LogP contribution in [0.1, 0.15) is 13.3 Å². The number of aromatic amines is 1. The third-order valence-electron chi connectivity index (χ3n) is 3.47. The predicted molar refractivity (Wildman–Crippen MR) is 76.7 cm³/mol. The van der Waals surface area contributed by atoms with Crippen molar-refractivity contribution in [2.24, 2.45) is 0 Å². The second-order valence-corrected chi connectivity index (χ2v) is 5.02. The van der Waals surface area contributed by atoms with Crippen molar-refractivity contribution in [3.63, 3.8) is 0 Å². The van der Waals surface area contributed by atoms with Crippen LogP contribution in [0.15, 0.2) is 18.5 Å². The molecule has 21 heavy (non-hydrogen) atoms. The first-order chi connectivity index (χ1) is 10.1. The van der Waals surface area contributed by atoms with Gasteiger partial charge in [0.05, 0.1) is 6.20 Å². The average Bonchev–Trinajstić information content (AvgIpc) is 3.06. The number of rotatable bonds is 2. The van der Waals surface area contributed by atoms with E-state index in [9.17, 15) is 9.59 Å². The number of fused-ring (bicyclic) bond motifs is 1. The van der Waals surface area contributed by atoms with Crippen LogP contribution in [0.2, 0.25) is 0 Å². The van der Waals surface area contributed by atoms with Crippen LogP contribution in [0.25, 0.3) is 11.2 Å². The van der Waals surface area contributed by atoms with E-state index in [4.69, 9.17) is 0 Å². The molecule has 3 rings (SSSR count). The maximum Gasteiger partial charge on any atom is 0.320 e. The summed E-state index contributed by atoms with van der Waals surface area (Å²) in [6, 6.07) is 1.42. The summed E-state index contributed by atoms with van der Waals surface area (Å²) in [4.78, 5) is 36.2. The maximum atomic E-state index is 11.9. The molecule has 3 amide bonds.